The molecule has 1 fully saturated rings. The van der Waals surface area contributed by atoms with Gasteiger partial charge in [0, 0.05) is 19.7 Å². The first kappa shape index (κ1) is 12.3. The average molecular weight is 236 g/mol. The molecule has 4 heteroatoms. The lowest BCUT2D eigenvalue weighted by molar-refractivity contribution is 0.194. The smallest absolute Gasteiger partial charge is 0.0931 e. The monoisotopic (exact) mass is 236 g/mol. The number of aliphatic hydroxyl groups excluding tert-OH is 1. The Hall–Kier alpha value is -1.13. The van der Waals surface area contributed by atoms with Gasteiger partial charge in [0.2, 0.25) is 0 Å². The molecule has 0 spiro atoms. The molecule has 0 unspecified atom stereocenters. The highest BCUT2D eigenvalue weighted by atomic mass is 16.5. The molecule has 2 rings (SSSR count). The first-order chi connectivity index (χ1) is 8.22. The van der Waals surface area contributed by atoms with E-state index in [1.54, 1.807) is 14.0 Å². The van der Waals surface area contributed by atoms with Gasteiger partial charge in [-0.3, -0.25) is 4.98 Å². The maximum Gasteiger partial charge on any atom is 0.0931 e. The van der Waals surface area contributed by atoms with Crippen molar-refractivity contribution in [2.24, 2.45) is 0 Å². The minimum atomic E-state index is -0.502. The zero-order valence-corrected chi connectivity index (χ0v) is 10.5. The van der Waals surface area contributed by atoms with Crippen molar-refractivity contribution < 1.29 is 9.84 Å². The van der Waals surface area contributed by atoms with Crippen LogP contribution in [0, 0.1) is 0 Å². The molecular weight excluding hydrogens is 216 g/mol. The average Bonchev–Trinajstić information content (AvgIpc) is 3.14. The zero-order chi connectivity index (χ0) is 12.3. The fourth-order valence-corrected chi connectivity index (χ4v) is 1.91. The van der Waals surface area contributed by atoms with Gasteiger partial charge in [-0.15, -0.1) is 0 Å². The van der Waals surface area contributed by atoms with Gasteiger partial charge in [0.05, 0.1) is 30.3 Å². The second kappa shape index (κ2) is 5.47. The minimum absolute atomic E-state index is 0.502. The topological polar surface area (TPSA) is 45.6 Å². The van der Waals surface area contributed by atoms with Crippen LogP contribution in [0.1, 0.15) is 31.6 Å². The Morgan fingerprint density at radius 3 is 2.76 bits per heavy atom. The lowest BCUT2D eigenvalue weighted by Gasteiger charge is -2.24. The summed E-state index contributed by atoms with van der Waals surface area (Å²) in [6.07, 6.45) is 3.84. The molecule has 17 heavy (non-hydrogen) atoms. The molecule has 0 aliphatic heterocycles. The van der Waals surface area contributed by atoms with E-state index in [0.29, 0.717) is 6.04 Å². The van der Waals surface area contributed by atoms with Gasteiger partial charge in [0.1, 0.15) is 0 Å². The summed E-state index contributed by atoms with van der Waals surface area (Å²) in [4.78, 5) is 6.62. The fraction of sp³-hybridized carbons (Fsp3) is 0.615. The lowest BCUT2D eigenvalue weighted by Crippen LogP contribution is -2.29. The van der Waals surface area contributed by atoms with E-state index in [1.807, 2.05) is 18.3 Å². The third kappa shape index (κ3) is 3.17. The quantitative estimate of drug-likeness (QED) is 0.817. The molecule has 0 amide bonds. The number of aromatic nitrogens is 1. The molecule has 0 bridgehead atoms. The molecule has 1 aromatic heterocycles. The number of rotatable bonds is 6. The van der Waals surface area contributed by atoms with Crippen molar-refractivity contribution >= 4 is 5.69 Å². The molecule has 1 aliphatic rings. The maximum absolute atomic E-state index is 9.42. The molecule has 0 saturated heterocycles. The first-order valence-corrected chi connectivity index (χ1v) is 6.12. The van der Waals surface area contributed by atoms with Crippen LogP contribution in [-0.4, -0.2) is 36.4 Å². The van der Waals surface area contributed by atoms with Gasteiger partial charge in [-0.25, -0.2) is 0 Å². The van der Waals surface area contributed by atoms with Gasteiger partial charge in [-0.2, -0.15) is 0 Å². The van der Waals surface area contributed by atoms with Crippen molar-refractivity contribution in [2.45, 2.75) is 31.9 Å². The molecule has 0 radical (unpaired) electrons. The summed E-state index contributed by atoms with van der Waals surface area (Å²) in [5.41, 5.74) is 1.84. The predicted octanol–water partition coefficient (Wildman–Crippen LogP) is 1.75. The lowest BCUT2D eigenvalue weighted by atomic mass is 10.2. The summed E-state index contributed by atoms with van der Waals surface area (Å²) >= 11 is 0. The summed E-state index contributed by atoms with van der Waals surface area (Å²) in [5, 5.41) is 9.42. The Labute approximate surface area is 102 Å². The highest BCUT2D eigenvalue weighted by molar-refractivity contribution is 5.47. The van der Waals surface area contributed by atoms with Crippen LogP contribution in [0.2, 0.25) is 0 Å². The summed E-state index contributed by atoms with van der Waals surface area (Å²) in [7, 11) is 1.72. The highest BCUT2D eigenvalue weighted by Crippen LogP contribution is 2.31. The van der Waals surface area contributed by atoms with E-state index < -0.39 is 6.10 Å². The van der Waals surface area contributed by atoms with Gasteiger partial charge in [-0.1, -0.05) is 0 Å². The van der Waals surface area contributed by atoms with Gasteiger partial charge >= 0.3 is 0 Å². The third-order valence-corrected chi connectivity index (χ3v) is 3.05. The molecule has 1 aliphatic carbocycles. The van der Waals surface area contributed by atoms with E-state index >= 15 is 0 Å². The van der Waals surface area contributed by atoms with Crippen molar-refractivity contribution in [2.75, 3.05) is 25.2 Å². The number of hydrogen-bond donors (Lipinski definition) is 1. The number of anilines is 1. The Morgan fingerprint density at radius 2 is 2.29 bits per heavy atom. The molecule has 94 valence electrons. The van der Waals surface area contributed by atoms with Crippen LogP contribution < -0.4 is 4.90 Å². The van der Waals surface area contributed by atoms with Crippen molar-refractivity contribution in [1.29, 1.82) is 0 Å². The Morgan fingerprint density at radius 1 is 1.53 bits per heavy atom. The molecule has 1 aromatic rings. The van der Waals surface area contributed by atoms with Gasteiger partial charge in [0.15, 0.2) is 0 Å². The van der Waals surface area contributed by atoms with E-state index in [-0.39, 0.29) is 0 Å². The van der Waals surface area contributed by atoms with Crippen molar-refractivity contribution in [3.8, 4) is 0 Å². The van der Waals surface area contributed by atoms with E-state index in [2.05, 4.69) is 9.88 Å². The summed E-state index contributed by atoms with van der Waals surface area (Å²) < 4.78 is 5.13. The van der Waals surface area contributed by atoms with Crippen LogP contribution in [0.4, 0.5) is 5.69 Å². The second-order valence-electron chi connectivity index (χ2n) is 4.53. The molecule has 4 nitrogen and oxygen atoms in total. The Kier molecular flexibility index (Phi) is 3.97. The number of nitrogens with zero attached hydrogens (tertiary/aromatic N) is 2. The van der Waals surface area contributed by atoms with E-state index in [0.717, 1.165) is 24.5 Å². The third-order valence-electron chi connectivity index (χ3n) is 3.05. The number of ether oxygens (including phenoxy) is 1. The van der Waals surface area contributed by atoms with Crippen molar-refractivity contribution in [3.63, 3.8) is 0 Å². The van der Waals surface area contributed by atoms with Gasteiger partial charge < -0.3 is 14.7 Å². The van der Waals surface area contributed by atoms with Gasteiger partial charge in [-0.05, 0) is 31.9 Å². The van der Waals surface area contributed by atoms with Crippen LogP contribution in [0.25, 0.3) is 0 Å². The summed E-state index contributed by atoms with van der Waals surface area (Å²) in [5.74, 6) is 0. The Bertz CT molecular complexity index is 347. The maximum atomic E-state index is 9.42. The normalized spacial score (nSPS) is 16.9. The summed E-state index contributed by atoms with van der Waals surface area (Å²) in [6.45, 7) is 3.36. The largest absolute Gasteiger partial charge is 0.387 e. The molecule has 1 heterocycles. The van der Waals surface area contributed by atoms with Crippen LogP contribution >= 0.6 is 0 Å². The van der Waals surface area contributed by atoms with Crippen molar-refractivity contribution in [1.82, 2.24) is 4.98 Å². The fourth-order valence-electron chi connectivity index (χ4n) is 1.91. The molecule has 0 aromatic carbocycles. The van der Waals surface area contributed by atoms with Crippen molar-refractivity contribution in [3.05, 3.63) is 24.0 Å². The number of aliphatic hydroxyl groups is 1. The first-order valence-electron chi connectivity index (χ1n) is 6.12. The van der Waals surface area contributed by atoms with Crippen LogP contribution in [-0.2, 0) is 4.74 Å². The Balaban J connectivity index is 2.07. The highest BCUT2D eigenvalue weighted by Gasteiger charge is 2.29. The van der Waals surface area contributed by atoms with Crippen LogP contribution in [0.3, 0.4) is 0 Å². The van der Waals surface area contributed by atoms with Crippen LogP contribution in [0.5, 0.6) is 0 Å². The predicted molar refractivity (Wildman–Crippen MR) is 67.1 cm³/mol. The number of pyridine rings is 1. The van der Waals surface area contributed by atoms with Crippen LogP contribution in [0.15, 0.2) is 18.3 Å². The van der Waals surface area contributed by atoms with Gasteiger partial charge in [0.25, 0.3) is 0 Å². The SMILES string of the molecule is COCCN(c1ccc([C@@H](C)O)nc1)C1CC1. The molecule has 1 N–H and O–H groups in total. The molecule has 1 atom stereocenters. The molecule has 1 saturated carbocycles. The standard InChI is InChI=1S/C13H20N2O2/c1-10(16)13-6-5-12(9-14-13)15(7-8-17-2)11-3-4-11/h5-6,9-11,16H,3-4,7-8H2,1-2H3/t10-/m1/s1. The number of hydrogen-bond acceptors (Lipinski definition) is 4. The minimum Gasteiger partial charge on any atom is -0.387 e. The molecular formula is C13H20N2O2. The summed E-state index contributed by atoms with van der Waals surface area (Å²) in [6, 6.07) is 4.56. The van der Waals surface area contributed by atoms with E-state index in [4.69, 9.17) is 4.74 Å². The van der Waals surface area contributed by atoms with E-state index in [1.165, 1.54) is 12.8 Å². The zero-order valence-electron chi connectivity index (χ0n) is 10.5. The second-order valence-corrected chi connectivity index (χ2v) is 4.53. The number of methoxy groups -OCH3 is 1. The van der Waals surface area contributed by atoms with E-state index in [9.17, 15) is 5.11 Å².